The maximum atomic E-state index is 13.1. The van der Waals surface area contributed by atoms with Crippen molar-refractivity contribution in [2.45, 2.75) is 13.3 Å². The van der Waals surface area contributed by atoms with Gasteiger partial charge in [0.15, 0.2) is 0 Å². The molecule has 76 valence electrons. The highest BCUT2D eigenvalue weighted by Gasteiger charge is 2.10. The average Bonchev–Trinajstić information content (AvgIpc) is 2.10. The third kappa shape index (κ3) is 2.69. The molecule has 0 atom stereocenters. The molecule has 0 radical (unpaired) electrons. The number of nitrogen functional groups attached to an aromatic ring is 1. The van der Waals surface area contributed by atoms with Crippen LogP contribution >= 0.6 is 0 Å². The van der Waals surface area contributed by atoms with Crippen LogP contribution in [0.4, 0.5) is 10.1 Å². The Bertz CT molecular complexity index is 342. The van der Waals surface area contributed by atoms with Gasteiger partial charge in [0.05, 0.1) is 30.6 Å². The summed E-state index contributed by atoms with van der Waals surface area (Å²) in [7, 11) is 0. The minimum atomic E-state index is -0.585. The fraction of sp³-hybridized carbons (Fsp3) is 0.333. The van der Waals surface area contributed by atoms with E-state index in [9.17, 15) is 9.18 Å². The maximum absolute atomic E-state index is 13.1. The van der Waals surface area contributed by atoms with Crippen LogP contribution in [0.15, 0.2) is 12.3 Å². The van der Waals surface area contributed by atoms with E-state index in [1.165, 1.54) is 6.20 Å². The fourth-order valence-electron chi connectivity index (χ4n) is 0.960. The van der Waals surface area contributed by atoms with Gasteiger partial charge in [0.1, 0.15) is 5.82 Å². The Morgan fingerprint density at radius 3 is 3.00 bits per heavy atom. The van der Waals surface area contributed by atoms with Crippen molar-refractivity contribution in [1.82, 2.24) is 4.98 Å². The number of carbonyl (C=O) groups excluding carboxylic acids is 1. The Balaban J connectivity index is 2.72. The summed E-state index contributed by atoms with van der Waals surface area (Å²) >= 11 is 0. The van der Waals surface area contributed by atoms with Crippen LogP contribution in [-0.2, 0) is 16.0 Å². The lowest BCUT2D eigenvalue weighted by Gasteiger charge is -2.02. The summed E-state index contributed by atoms with van der Waals surface area (Å²) in [4.78, 5) is 14.7. The van der Waals surface area contributed by atoms with E-state index in [0.717, 1.165) is 6.07 Å². The third-order valence-electron chi connectivity index (χ3n) is 1.56. The molecular formula is C9H11FN2O2. The number of anilines is 1. The van der Waals surface area contributed by atoms with Crippen LogP contribution in [0.1, 0.15) is 12.6 Å². The predicted molar refractivity (Wildman–Crippen MR) is 48.9 cm³/mol. The van der Waals surface area contributed by atoms with Gasteiger partial charge in [-0.15, -0.1) is 0 Å². The largest absolute Gasteiger partial charge is 0.466 e. The highest BCUT2D eigenvalue weighted by Crippen LogP contribution is 2.09. The van der Waals surface area contributed by atoms with Crippen LogP contribution in [0.5, 0.6) is 0 Å². The van der Waals surface area contributed by atoms with Gasteiger partial charge in [-0.2, -0.15) is 0 Å². The number of halogens is 1. The quantitative estimate of drug-likeness (QED) is 0.733. The topological polar surface area (TPSA) is 65.2 Å². The first-order valence-corrected chi connectivity index (χ1v) is 4.19. The molecule has 1 rings (SSSR count). The first-order chi connectivity index (χ1) is 6.63. The number of ether oxygens (including phenoxy) is 1. The zero-order chi connectivity index (χ0) is 10.6. The van der Waals surface area contributed by atoms with Crippen LogP contribution < -0.4 is 5.73 Å². The molecule has 0 aromatic carbocycles. The number of nitrogens with zero attached hydrogens (tertiary/aromatic N) is 1. The number of hydrogen-bond acceptors (Lipinski definition) is 4. The molecule has 0 bridgehead atoms. The molecule has 0 aliphatic heterocycles. The number of aromatic nitrogens is 1. The Kier molecular flexibility index (Phi) is 3.39. The molecule has 0 aliphatic carbocycles. The Hall–Kier alpha value is -1.65. The summed E-state index contributed by atoms with van der Waals surface area (Å²) < 4.78 is 17.8. The van der Waals surface area contributed by atoms with E-state index in [4.69, 9.17) is 5.73 Å². The van der Waals surface area contributed by atoms with Gasteiger partial charge in [0.25, 0.3) is 0 Å². The van der Waals surface area contributed by atoms with Crippen LogP contribution in [-0.4, -0.2) is 17.6 Å². The molecule has 4 nitrogen and oxygen atoms in total. The average molecular weight is 198 g/mol. The molecule has 0 aliphatic rings. The Labute approximate surface area is 80.9 Å². The summed E-state index contributed by atoms with van der Waals surface area (Å²) in [5.74, 6) is -1.08. The van der Waals surface area contributed by atoms with E-state index in [-0.39, 0.29) is 24.4 Å². The van der Waals surface area contributed by atoms with E-state index in [0.29, 0.717) is 0 Å². The van der Waals surface area contributed by atoms with Crippen LogP contribution in [0.3, 0.4) is 0 Å². The molecule has 0 saturated carbocycles. The van der Waals surface area contributed by atoms with Crippen molar-refractivity contribution < 1.29 is 13.9 Å². The first kappa shape index (κ1) is 10.4. The van der Waals surface area contributed by atoms with Crippen molar-refractivity contribution in [2.24, 2.45) is 0 Å². The first-order valence-electron chi connectivity index (χ1n) is 4.19. The normalized spacial score (nSPS) is 9.86. The van der Waals surface area contributed by atoms with Crippen molar-refractivity contribution in [3.05, 3.63) is 23.8 Å². The number of carbonyl (C=O) groups is 1. The summed E-state index contributed by atoms with van der Waals surface area (Å²) in [5.41, 5.74) is 5.58. The molecular weight excluding hydrogens is 187 g/mol. The van der Waals surface area contributed by atoms with Crippen molar-refractivity contribution in [1.29, 1.82) is 0 Å². The molecule has 14 heavy (non-hydrogen) atoms. The molecule has 0 amide bonds. The van der Waals surface area contributed by atoms with Crippen LogP contribution in [0.25, 0.3) is 0 Å². The summed E-state index contributed by atoms with van der Waals surface area (Å²) in [6.45, 7) is 1.96. The summed E-state index contributed by atoms with van der Waals surface area (Å²) in [6.07, 6.45) is 1.14. The number of pyridine rings is 1. The van der Waals surface area contributed by atoms with Gasteiger partial charge in [0, 0.05) is 6.07 Å². The maximum Gasteiger partial charge on any atom is 0.311 e. The second-order valence-electron chi connectivity index (χ2n) is 2.68. The van der Waals surface area contributed by atoms with Crippen molar-refractivity contribution in [3.8, 4) is 0 Å². The second kappa shape index (κ2) is 4.55. The van der Waals surface area contributed by atoms with Crippen molar-refractivity contribution in [2.75, 3.05) is 12.3 Å². The SMILES string of the molecule is CCOC(=O)Cc1ncc(N)cc1F. The molecule has 0 saturated heterocycles. The van der Waals surface area contributed by atoms with E-state index < -0.39 is 11.8 Å². The predicted octanol–water partition coefficient (Wildman–Crippen LogP) is 0.908. The van der Waals surface area contributed by atoms with E-state index in [1.807, 2.05) is 0 Å². The van der Waals surface area contributed by atoms with Crippen molar-refractivity contribution >= 4 is 11.7 Å². The lowest BCUT2D eigenvalue weighted by atomic mass is 10.2. The van der Waals surface area contributed by atoms with Gasteiger partial charge >= 0.3 is 5.97 Å². The van der Waals surface area contributed by atoms with Gasteiger partial charge < -0.3 is 10.5 Å². The number of hydrogen-bond donors (Lipinski definition) is 1. The zero-order valence-corrected chi connectivity index (χ0v) is 7.79. The number of esters is 1. The minimum Gasteiger partial charge on any atom is -0.466 e. The van der Waals surface area contributed by atoms with Crippen molar-refractivity contribution in [3.63, 3.8) is 0 Å². The highest BCUT2D eigenvalue weighted by molar-refractivity contribution is 5.72. The van der Waals surface area contributed by atoms with Crippen LogP contribution in [0.2, 0.25) is 0 Å². The molecule has 5 heteroatoms. The Morgan fingerprint density at radius 1 is 1.71 bits per heavy atom. The van der Waals surface area contributed by atoms with Gasteiger partial charge in [-0.25, -0.2) is 4.39 Å². The second-order valence-corrected chi connectivity index (χ2v) is 2.68. The van der Waals surface area contributed by atoms with Gasteiger partial charge in [0.2, 0.25) is 0 Å². The molecule has 0 spiro atoms. The fourth-order valence-corrected chi connectivity index (χ4v) is 0.960. The lowest BCUT2D eigenvalue weighted by molar-refractivity contribution is -0.142. The van der Waals surface area contributed by atoms with Crippen LogP contribution in [0, 0.1) is 5.82 Å². The van der Waals surface area contributed by atoms with E-state index >= 15 is 0 Å². The monoisotopic (exact) mass is 198 g/mol. The molecule has 2 N–H and O–H groups in total. The highest BCUT2D eigenvalue weighted by atomic mass is 19.1. The number of nitrogens with two attached hydrogens (primary N) is 1. The van der Waals surface area contributed by atoms with E-state index in [1.54, 1.807) is 6.92 Å². The lowest BCUT2D eigenvalue weighted by Crippen LogP contribution is -2.10. The summed E-state index contributed by atoms with van der Waals surface area (Å²) in [6, 6.07) is 1.13. The molecule has 0 unspecified atom stereocenters. The molecule has 1 heterocycles. The van der Waals surface area contributed by atoms with Gasteiger partial charge in [-0.1, -0.05) is 0 Å². The zero-order valence-electron chi connectivity index (χ0n) is 7.79. The number of rotatable bonds is 3. The molecule has 1 aromatic heterocycles. The smallest absolute Gasteiger partial charge is 0.311 e. The Morgan fingerprint density at radius 2 is 2.43 bits per heavy atom. The minimum absolute atomic E-state index is 0.0534. The third-order valence-corrected chi connectivity index (χ3v) is 1.56. The van der Waals surface area contributed by atoms with Gasteiger partial charge in [-0.05, 0) is 6.92 Å². The van der Waals surface area contributed by atoms with Gasteiger partial charge in [-0.3, -0.25) is 9.78 Å². The standard InChI is InChI=1S/C9H11FN2O2/c1-2-14-9(13)4-8-7(10)3-6(11)5-12-8/h3,5H,2,4,11H2,1H3. The molecule has 1 aromatic rings. The molecule has 0 fully saturated rings. The summed E-state index contributed by atoms with van der Waals surface area (Å²) in [5, 5.41) is 0. The van der Waals surface area contributed by atoms with E-state index in [2.05, 4.69) is 9.72 Å².